The zero-order valence-electron chi connectivity index (χ0n) is 20.8. The third kappa shape index (κ3) is 5.06. The fourth-order valence-electron chi connectivity index (χ4n) is 4.85. The van der Waals surface area contributed by atoms with Crippen LogP contribution in [0.15, 0.2) is 54.7 Å². The van der Waals surface area contributed by atoms with Gasteiger partial charge in [0.15, 0.2) is 5.82 Å². The Kier molecular flexibility index (Phi) is 7.25. The Hall–Kier alpha value is -3.29. The number of nitrogens with zero attached hydrogens (tertiary/aromatic N) is 5. The molecule has 0 bridgehead atoms. The van der Waals surface area contributed by atoms with E-state index in [0.29, 0.717) is 5.69 Å². The van der Waals surface area contributed by atoms with E-state index in [4.69, 9.17) is 16.3 Å². The van der Waals surface area contributed by atoms with Crippen LogP contribution in [0, 0.1) is 13.8 Å². The molecule has 2 aromatic carbocycles. The van der Waals surface area contributed by atoms with E-state index in [1.165, 1.54) is 11.6 Å². The summed E-state index contributed by atoms with van der Waals surface area (Å²) in [6, 6.07) is 11.2. The number of benzene rings is 2. The summed E-state index contributed by atoms with van der Waals surface area (Å²) in [5.74, 6) is -0.0487. The summed E-state index contributed by atoms with van der Waals surface area (Å²) in [5, 5.41) is 41.2. The smallest absolute Gasteiger partial charge is 0.394 e. The first-order valence-corrected chi connectivity index (χ1v) is 12.4. The van der Waals surface area contributed by atoms with Gasteiger partial charge in [0.25, 0.3) is 0 Å². The summed E-state index contributed by atoms with van der Waals surface area (Å²) >= 11 is 6.04. The van der Waals surface area contributed by atoms with Crippen molar-refractivity contribution in [1.82, 2.24) is 24.5 Å². The summed E-state index contributed by atoms with van der Waals surface area (Å²) in [4.78, 5) is 4.26. The lowest BCUT2D eigenvalue weighted by Gasteiger charge is -2.42. The van der Waals surface area contributed by atoms with E-state index in [1.807, 2.05) is 31.2 Å². The Morgan fingerprint density at radius 1 is 1.03 bits per heavy atom. The van der Waals surface area contributed by atoms with Gasteiger partial charge in [0.05, 0.1) is 23.6 Å². The van der Waals surface area contributed by atoms with Gasteiger partial charge in [-0.15, -0.1) is 0 Å². The fraction of sp³-hybridized carbons (Fsp3) is 0.346. The first kappa shape index (κ1) is 27.3. The van der Waals surface area contributed by atoms with Crippen LogP contribution in [0.1, 0.15) is 34.9 Å². The molecule has 2 aromatic heterocycles. The van der Waals surface area contributed by atoms with Crippen molar-refractivity contribution in [2.24, 2.45) is 0 Å². The zero-order chi connectivity index (χ0) is 28.1. The monoisotopic (exact) mass is 563 g/mol. The second-order valence-electron chi connectivity index (χ2n) is 9.33. The number of aliphatic hydroxyl groups is 3. The Morgan fingerprint density at radius 3 is 2.46 bits per heavy atom. The van der Waals surface area contributed by atoms with Gasteiger partial charge in [0.1, 0.15) is 36.3 Å². The molecule has 0 aliphatic carbocycles. The Bertz CT molecular complexity index is 1490. The SMILES string of the molecule is Cc1nc([C@@H]2O[C@H](CO)[C@H](O)[C@H](n3ccc(-c4ccccc4C)n3)[C@H]2O)n(-c2cc(Cl)ccc2C(F)(F)F)n1. The molecule has 1 saturated heterocycles. The molecule has 5 rings (SSSR count). The van der Waals surface area contributed by atoms with Crippen LogP contribution in [0.5, 0.6) is 0 Å². The number of aromatic nitrogens is 5. The van der Waals surface area contributed by atoms with E-state index in [-0.39, 0.29) is 16.7 Å². The topological polar surface area (TPSA) is 118 Å². The average molecular weight is 564 g/mol. The number of ether oxygens (including phenoxy) is 1. The molecule has 3 N–H and O–H groups in total. The van der Waals surface area contributed by atoms with Gasteiger partial charge < -0.3 is 20.1 Å². The maximum absolute atomic E-state index is 13.9. The molecule has 1 aliphatic heterocycles. The summed E-state index contributed by atoms with van der Waals surface area (Å²) in [6.45, 7) is 2.76. The third-order valence-corrected chi connectivity index (χ3v) is 6.95. The first-order chi connectivity index (χ1) is 18.5. The molecule has 13 heteroatoms. The summed E-state index contributed by atoms with van der Waals surface area (Å²) in [7, 11) is 0. The van der Waals surface area contributed by atoms with Gasteiger partial charge in [-0.2, -0.15) is 23.4 Å². The van der Waals surface area contributed by atoms with Crippen molar-refractivity contribution in [3.8, 4) is 16.9 Å². The molecule has 1 aliphatic rings. The maximum atomic E-state index is 13.9. The average Bonchev–Trinajstić information content (AvgIpc) is 3.51. The zero-order valence-corrected chi connectivity index (χ0v) is 21.5. The molecule has 9 nitrogen and oxygen atoms in total. The van der Waals surface area contributed by atoms with Gasteiger partial charge in [-0.3, -0.25) is 4.68 Å². The molecule has 0 saturated carbocycles. The van der Waals surface area contributed by atoms with Crippen LogP contribution in [0.2, 0.25) is 5.02 Å². The Labute approximate surface area is 226 Å². The highest BCUT2D eigenvalue weighted by atomic mass is 35.5. The minimum atomic E-state index is -4.74. The summed E-state index contributed by atoms with van der Waals surface area (Å²) < 4.78 is 49.7. The number of hydrogen-bond donors (Lipinski definition) is 3. The van der Waals surface area contributed by atoms with E-state index in [9.17, 15) is 28.5 Å². The van der Waals surface area contributed by atoms with Crippen LogP contribution >= 0.6 is 11.6 Å². The predicted molar refractivity (Wildman–Crippen MR) is 134 cm³/mol. The standard InChI is InChI=1S/C26H25ClF3N5O4/c1-13-5-3-4-6-16(13)18-9-10-34(33-18)21-22(37)20(12-36)39-24(23(21)38)25-31-14(2)32-35(25)19-11-15(27)7-8-17(19)26(28,29)30/h3-11,20-24,36-38H,12H2,1-2H3/t20-,21+,22+,23-,24-/m1/s1. The lowest BCUT2D eigenvalue weighted by Crippen LogP contribution is -2.53. The molecule has 0 unspecified atom stereocenters. The molecular weight excluding hydrogens is 539 g/mol. The minimum absolute atomic E-state index is 0.0315. The highest BCUT2D eigenvalue weighted by Gasteiger charge is 2.48. The predicted octanol–water partition coefficient (Wildman–Crippen LogP) is 3.82. The van der Waals surface area contributed by atoms with Crippen molar-refractivity contribution in [2.75, 3.05) is 6.61 Å². The van der Waals surface area contributed by atoms with Crippen LogP contribution in [0.25, 0.3) is 16.9 Å². The lowest BCUT2D eigenvalue weighted by molar-refractivity contribution is -0.210. The summed E-state index contributed by atoms with van der Waals surface area (Å²) in [5.41, 5.74) is 0.967. The van der Waals surface area contributed by atoms with Gasteiger partial charge in [0.2, 0.25) is 0 Å². The van der Waals surface area contributed by atoms with Crippen LogP contribution in [-0.4, -0.2) is 64.8 Å². The van der Waals surface area contributed by atoms with Gasteiger partial charge in [-0.1, -0.05) is 35.9 Å². The molecule has 206 valence electrons. The van der Waals surface area contributed by atoms with Crippen LogP contribution in [-0.2, 0) is 10.9 Å². The Morgan fingerprint density at radius 2 is 1.77 bits per heavy atom. The van der Waals surface area contributed by atoms with E-state index < -0.39 is 54.5 Å². The molecule has 4 aromatic rings. The number of alkyl halides is 3. The quantitative estimate of drug-likeness (QED) is 0.338. The van der Waals surface area contributed by atoms with Gasteiger partial charge in [-0.05, 0) is 43.7 Å². The van der Waals surface area contributed by atoms with Crippen molar-refractivity contribution in [1.29, 1.82) is 0 Å². The third-order valence-electron chi connectivity index (χ3n) is 6.71. The number of halogens is 4. The number of aliphatic hydroxyl groups excluding tert-OH is 3. The van der Waals surface area contributed by atoms with E-state index >= 15 is 0 Å². The highest BCUT2D eigenvalue weighted by molar-refractivity contribution is 6.30. The molecular formula is C26H25ClF3N5O4. The van der Waals surface area contributed by atoms with Gasteiger partial charge in [-0.25, -0.2) is 9.67 Å². The molecule has 1 fully saturated rings. The minimum Gasteiger partial charge on any atom is -0.394 e. The Balaban J connectivity index is 1.59. The van der Waals surface area contributed by atoms with Crippen LogP contribution in [0.3, 0.4) is 0 Å². The van der Waals surface area contributed by atoms with Crippen molar-refractivity contribution >= 4 is 11.6 Å². The molecule has 5 atom stereocenters. The number of rotatable bonds is 5. The van der Waals surface area contributed by atoms with Crippen LogP contribution in [0.4, 0.5) is 13.2 Å². The fourth-order valence-corrected chi connectivity index (χ4v) is 5.01. The molecule has 0 amide bonds. The first-order valence-electron chi connectivity index (χ1n) is 12.0. The van der Waals surface area contributed by atoms with Crippen molar-refractivity contribution in [2.45, 2.75) is 50.5 Å². The number of hydrogen-bond acceptors (Lipinski definition) is 7. The van der Waals surface area contributed by atoms with Crippen molar-refractivity contribution in [3.05, 3.63) is 82.5 Å². The molecule has 3 heterocycles. The largest absolute Gasteiger partial charge is 0.418 e. The second-order valence-corrected chi connectivity index (χ2v) is 9.77. The van der Waals surface area contributed by atoms with Crippen molar-refractivity contribution < 1.29 is 33.2 Å². The van der Waals surface area contributed by atoms with Crippen LogP contribution < -0.4 is 0 Å². The lowest BCUT2D eigenvalue weighted by atomic mass is 9.92. The number of aryl methyl sites for hydroxylation is 2. The van der Waals surface area contributed by atoms with Crippen molar-refractivity contribution in [3.63, 3.8) is 0 Å². The van der Waals surface area contributed by atoms with E-state index in [2.05, 4.69) is 15.2 Å². The maximum Gasteiger partial charge on any atom is 0.418 e. The summed E-state index contributed by atoms with van der Waals surface area (Å²) in [6.07, 6.45) is -8.70. The van der Waals surface area contributed by atoms with Gasteiger partial charge in [0, 0.05) is 16.8 Å². The molecule has 0 radical (unpaired) electrons. The van der Waals surface area contributed by atoms with E-state index in [1.54, 1.807) is 12.3 Å². The second kappa shape index (κ2) is 10.4. The van der Waals surface area contributed by atoms with Gasteiger partial charge >= 0.3 is 6.18 Å². The normalized spacial score (nSPS) is 23.8. The van der Waals surface area contributed by atoms with E-state index in [0.717, 1.165) is 34.0 Å². The highest BCUT2D eigenvalue weighted by Crippen LogP contribution is 2.41. The molecule has 0 spiro atoms. The molecule has 39 heavy (non-hydrogen) atoms.